The molecule has 182 valence electrons. The minimum atomic E-state index is -7.84. The highest BCUT2D eigenvalue weighted by atomic mass is 127. The summed E-state index contributed by atoms with van der Waals surface area (Å²) >= 11 is -3.51. The van der Waals surface area contributed by atoms with E-state index in [0.717, 1.165) is 24.3 Å². The van der Waals surface area contributed by atoms with Gasteiger partial charge in [-0.2, -0.15) is 57.1 Å². The Bertz CT molecular complexity index is 702. The summed E-state index contributed by atoms with van der Waals surface area (Å²) in [6.07, 6.45) is -7.39. The number of rotatable bonds is 6. The predicted molar refractivity (Wildman–Crippen MR) is 66.1 cm³/mol. The Kier molecular flexibility index (Phi) is 8.65. The van der Waals surface area contributed by atoms with Gasteiger partial charge in [-0.3, -0.25) is 0 Å². The van der Waals surface area contributed by atoms with Crippen LogP contribution in [0.2, 0.25) is 0 Å². The molecule has 0 saturated carbocycles. The average molecular weight is 610 g/mol. The van der Waals surface area contributed by atoms with Crippen LogP contribution in [0.15, 0.2) is 30.3 Å². The second-order valence-electron chi connectivity index (χ2n) is 5.18. The SMILES string of the molecule is FC(F)(F)C(F)(F)C(F)(F)C(F)(F)C(F)(F)C(F)(F)[I+]c1ccccc1.F[B-](F)(F)F. The molecule has 0 atom stereocenters. The first-order valence-electron chi connectivity index (χ1n) is 6.87. The van der Waals surface area contributed by atoms with Crippen LogP contribution in [0.1, 0.15) is 0 Å². The van der Waals surface area contributed by atoms with Crippen molar-refractivity contribution in [1.29, 1.82) is 0 Å². The molecule has 1 aromatic carbocycles. The zero-order valence-electron chi connectivity index (χ0n) is 13.8. The molecule has 0 unspecified atom stereocenters. The fraction of sp³-hybridized carbons (Fsp3) is 0.500. The van der Waals surface area contributed by atoms with Gasteiger partial charge in [-0.05, 0) is 12.1 Å². The molecule has 0 heterocycles. The molecule has 1 rings (SSSR count). The fourth-order valence-corrected chi connectivity index (χ4v) is 3.66. The lowest BCUT2D eigenvalue weighted by atomic mass is 9.98. The Hall–Kier alpha value is -1.18. The molecule has 19 heteroatoms. The van der Waals surface area contributed by atoms with E-state index in [1.807, 2.05) is 0 Å². The highest BCUT2D eigenvalue weighted by Gasteiger charge is 2.93. The third kappa shape index (κ3) is 6.42. The quantitative estimate of drug-likeness (QED) is 0.199. The molecule has 0 bridgehead atoms. The van der Waals surface area contributed by atoms with Crippen LogP contribution in [0.4, 0.5) is 74.3 Å². The number of halogens is 18. The van der Waals surface area contributed by atoms with Gasteiger partial charge in [0.25, 0.3) is 0 Å². The Morgan fingerprint density at radius 2 is 0.839 bits per heavy atom. The van der Waals surface area contributed by atoms with Gasteiger partial charge < -0.3 is 17.3 Å². The molecule has 0 fully saturated rings. The second kappa shape index (κ2) is 8.99. The molecule has 0 aromatic heterocycles. The molecule has 0 aliphatic rings. The van der Waals surface area contributed by atoms with Crippen LogP contribution in [-0.4, -0.2) is 41.1 Å². The lowest BCUT2D eigenvalue weighted by Gasteiger charge is -2.36. The van der Waals surface area contributed by atoms with E-state index in [-0.39, 0.29) is 0 Å². The molecule has 31 heavy (non-hydrogen) atoms. The maximum atomic E-state index is 13.6. The van der Waals surface area contributed by atoms with E-state index >= 15 is 0 Å². The number of alkyl halides is 14. The van der Waals surface area contributed by atoms with E-state index in [4.69, 9.17) is 0 Å². The first kappa shape index (κ1) is 29.8. The van der Waals surface area contributed by atoms with Crippen LogP contribution in [0.3, 0.4) is 0 Å². The van der Waals surface area contributed by atoms with Crippen molar-refractivity contribution in [2.45, 2.75) is 33.8 Å². The zero-order valence-corrected chi connectivity index (χ0v) is 15.9. The van der Waals surface area contributed by atoms with E-state index in [0.29, 0.717) is 0 Å². The smallest absolute Gasteiger partial charge is 0.418 e. The number of hydrogen-bond acceptors (Lipinski definition) is 0. The second-order valence-corrected chi connectivity index (χ2v) is 8.32. The Balaban J connectivity index is 0.00000161. The largest absolute Gasteiger partial charge is 0.673 e. The minimum absolute atomic E-state index is 0.669. The Morgan fingerprint density at radius 3 is 1.16 bits per heavy atom. The summed E-state index contributed by atoms with van der Waals surface area (Å²) in [6.45, 7) is 0. The summed E-state index contributed by atoms with van der Waals surface area (Å²) in [7, 11) is -6.00. The van der Waals surface area contributed by atoms with Gasteiger partial charge in [0, 0.05) is 0 Å². The van der Waals surface area contributed by atoms with Crippen LogP contribution in [0.25, 0.3) is 0 Å². The van der Waals surface area contributed by atoms with Crippen molar-refractivity contribution in [3.63, 3.8) is 0 Å². The molecule has 0 amide bonds. The van der Waals surface area contributed by atoms with Crippen LogP contribution in [-0.2, 0) is 0 Å². The van der Waals surface area contributed by atoms with Crippen molar-refractivity contribution in [2.75, 3.05) is 0 Å². The van der Waals surface area contributed by atoms with E-state index < -0.39 is 65.8 Å². The van der Waals surface area contributed by atoms with Gasteiger partial charge >= 0.3 is 62.3 Å². The molecule has 0 radical (unpaired) electrons. The zero-order chi connectivity index (χ0) is 25.3. The summed E-state index contributed by atoms with van der Waals surface area (Å²) < 4.78 is 200. The van der Waals surface area contributed by atoms with Crippen molar-refractivity contribution < 1.29 is 95.5 Å². The minimum Gasteiger partial charge on any atom is -0.418 e. The Labute approximate surface area is 171 Å². The standard InChI is InChI=1S/C12H5F13I.BF4/c13-7(14,9(17,18)11(21,22)23)8(15,16)10(19,20)12(24,25)26-6-4-2-1-3-5-6;2-1(3,4)5/h1-5H;/q+1;-1. The van der Waals surface area contributed by atoms with E-state index in [1.54, 1.807) is 0 Å². The highest BCUT2D eigenvalue weighted by molar-refractivity contribution is 6.50. The van der Waals surface area contributed by atoms with Gasteiger partial charge in [-0.25, -0.2) is 0 Å². The third-order valence-electron chi connectivity index (χ3n) is 2.86. The van der Waals surface area contributed by atoms with Crippen molar-refractivity contribution in [3.05, 3.63) is 33.9 Å². The number of hydrogen-bond donors (Lipinski definition) is 0. The summed E-state index contributed by atoms with van der Waals surface area (Å²) in [5.41, 5.74) is 0. The van der Waals surface area contributed by atoms with Gasteiger partial charge in [0.1, 0.15) is 0 Å². The fourth-order valence-electron chi connectivity index (χ4n) is 1.42. The monoisotopic (exact) mass is 610 g/mol. The van der Waals surface area contributed by atoms with Crippen molar-refractivity contribution in [3.8, 4) is 0 Å². The molecule has 0 nitrogen and oxygen atoms in total. The first-order valence-corrected chi connectivity index (χ1v) is 9.03. The molecular formula is C12H5BF17I. The van der Waals surface area contributed by atoms with Crippen LogP contribution >= 0.6 is 0 Å². The van der Waals surface area contributed by atoms with Crippen molar-refractivity contribution in [2.24, 2.45) is 0 Å². The van der Waals surface area contributed by atoms with E-state index in [9.17, 15) is 74.3 Å². The van der Waals surface area contributed by atoms with Gasteiger partial charge in [0.15, 0.2) is 3.57 Å². The highest BCUT2D eigenvalue weighted by Crippen LogP contribution is 2.59. The van der Waals surface area contributed by atoms with Crippen molar-refractivity contribution >= 4 is 7.25 Å². The summed E-state index contributed by atoms with van der Waals surface area (Å²) in [5, 5.41) is 0. The predicted octanol–water partition coefficient (Wildman–Crippen LogP) is 3.94. The Morgan fingerprint density at radius 1 is 0.516 bits per heavy atom. The van der Waals surface area contributed by atoms with Gasteiger partial charge in [0.05, 0.1) is 0 Å². The third-order valence-corrected chi connectivity index (χ3v) is 5.55. The molecule has 1 aromatic rings. The molecule has 0 aliphatic carbocycles. The topological polar surface area (TPSA) is 0 Å². The maximum absolute atomic E-state index is 13.6. The summed E-state index contributed by atoms with van der Waals surface area (Å²) in [6, 6.07) is 4.72. The van der Waals surface area contributed by atoms with E-state index in [1.165, 1.54) is 6.07 Å². The van der Waals surface area contributed by atoms with Crippen LogP contribution in [0, 0.1) is 3.57 Å². The van der Waals surface area contributed by atoms with Gasteiger partial charge in [0.2, 0.25) is 0 Å². The molecule has 0 aliphatic heterocycles. The summed E-state index contributed by atoms with van der Waals surface area (Å²) in [4.78, 5) is 0. The average Bonchev–Trinajstić information content (AvgIpc) is 2.52. The molecular weight excluding hydrogens is 605 g/mol. The first-order chi connectivity index (χ1) is 13.3. The van der Waals surface area contributed by atoms with E-state index in [2.05, 4.69) is 0 Å². The van der Waals surface area contributed by atoms with Gasteiger partial charge in [-0.1, -0.05) is 18.2 Å². The maximum Gasteiger partial charge on any atom is 0.673 e. The molecule has 0 saturated heterocycles. The summed E-state index contributed by atoms with van der Waals surface area (Å²) in [5.74, 6) is -30.4. The lowest BCUT2D eigenvalue weighted by molar-refractivity contribution is -0.790. The van der Waals surface area contributed by atoms with Crippen LogP contribution < -0.4 is 21.2 Å². The normalized spacial score (nSPS) is 14.7. The molecule has 0 spiro atoms. The van der Waals surface area contributed by atoms with Gasteiger partial charge in [-0.15, -0.1) is 0 Å². The van der Waals surface area contributed by atoms with Crippen LogP contribution in [0.5, 0.6) is 0 Å². The number of benzene rings is 1. The van der Waals surface area contributed by atoms with Crippen molar-refractivity contribution in [1.82, 2.24) is 0 Å². The lowest BCUT2D eigenvalue weighted by Crippen LogP contribution is -3.68. The molecule has 0 N–H and O–H groups in total.